The molecule has 0 amide bonds. The number of aromatic carboxylic acids is 1. The van der Waals surface area contributed by atoms with Gasteiger partial charge in [0.1, 0.15) is 13.2 Å². The Labute approximate surface area is 173 Å². The zero-order chi connectivity index (χ0) is 22.3. The Kier molecular flexibility index (Phi) is 7.35. The summed E-state index contributed by atoms with van der Waals surface area (Å²) in [6, 6.07) is 9.64. The largest absolute Gasteiger partial charge is 0.478 e. The highest BCUT2D eigenvalue weighted by Gasteiger charge is 2.16. The Hall–Kier alpha value is -4.07. The monoisotopic (exact) mass is 410 g/mol. The van der Waals surface area contributed by atoms with E-state index in [1.807, 2.05) is 0 Å². The molecule has 8 nitrogen and oxygen atoms in total. The van der Waals surface area contributed by atoms with Crippen LogP contribution in [0.1, 0.15) is 22.8 Å². The van der Waals surface area contributed by atoms with Crippen molar-refractivity contribution in [1.82, 2.24) is 0 Å². The van der Waals surface area contributed by atoms with Crippen LogP contribution in [0.15, 0.2) is 54.6 Å². The summed E-state index contributed by atoms with van der Waals surface area (Å²) in [5.41, 5.74) is 14.1. The van der Waals surface area contributed by atoms with Crippen molar-refractivity contribution in [2.45, 2.75) is 6.92 Å². The molecular weight excluding hydrogens is 388 g/mol. The average molecular weight is 410 g/mol. The zero-order valence-corrected chi connectivity index (χ0v) is 16.4. The number of carbonyl (C=O) groups excluding carboxylic acids is 2. The first-order valence-electron chi connectivity index (χ1n) is 8.89. The number of nitrogens with two attached hydrogens (primary N) is 2. The highest BCUT2D eigenvalue weighted by Crippen LogP contribution is 2.32. The second-order valence-corrected chi connectivity index (χ2v) is 6.38. The van der Waals surface area contributed by atoms with Gasteiger partial charge in [-0.1, -0.05) is 30.8 Å². The van der Waals surface area contributed by atoms with E-state index in [4.69, 9.17) is 20.9 Å². The third-order valence-electron chi connectivity index (χ3n) is 3.94. The maximum Gasteiger partial charge on any atom is 0.336 e. The van der Waals surface area contributed by atoms with Gasteiger partial charge in [-0.15, -0.1) is 0 Å². The van der Waals surface area contributed by atoms with Gasteiger partial charge in [-0.2, -0.15) is 0 Å². The highest BCUT2D eigenvalue weighted by atomic mass is 16.6. The fraction of sp³-hybridized carbons (Fsp3) is 0.136. The van der Waals surface area contributed by atoms with Gasteiger partial charge in [-0.25, -0.2) is 14.4 Å². The van der Waals surface area contributed by atoms with E-state index in [-0.39, 0.29) is 35.7 Å². The van der Waals surface area contributed by atoms with Crippen molar-refractivity contribution in [2.75, 3.05) is 24.7 Å². The minimum atomic E-state index is -1.13. The zero-order valence-electron chi connectivity index (χ0n) is 16.4. The molecule has 0 fully saturated rings. The number of carbonyl (C=O) groups is 3. The molecule has 2 aromatic carbocycles. The number of benzene rings is 2. The lowest BCUT2D eigenvalue weighted by Crippen LogP contribution is -2.12. The Morgan fingerprint density at radius 1 is 1.07 bits per heavy atom. The molecule has 0 aliphatic rings. The SMILES string of the molecule is C=C(C)C(=O)OCCOC(=O)/C=C/c1ccc(-c2c(N)cc(N)cc2C(=O)O)cc1. The molecule has 30 heavy (non-hydrogen) atoms. The summed E-state index contributed by atoms with van der Waals surface area (Å²) in [6.07, 6.45) is 2.77. The van der Waals surface area contributed by atoms with Crippen LogP contribution in [0.3, 0.4) is 0 Å². The molecule has 0 saturated carbocycles. The second-order valence-electron chi connectivity index (χ2n) is 6.38. The van der Waals surface area contributed by atoms with Crippen LogP contribution in [0.4, 0.5) is 11.4 Å². The highest BCUT2D eigenvalue weighted by molar-refractivity contribution is 6.01. The Balaban J connectivity index is 2.02. The molecule has 0 spiro atoms. The van der Waals surface area contributed by atoms with Crippen molar-refractivity contribution in [3.8, 4) is 11.1 Å². The first-order chi connectivity index (χ1) is 14.2. The molecule has 0 bridgehead atoms. The minimum absolute atomic E-state index is 0.00622. The van der Waals surface area contributed by atoms with Gasteiger partial charge in [-0.3, -0.25) is 0 Å². The number of hydrogen-bond acceptors (Lipinski definition) is 7. The van der Waals surface area contributed by atoms with E-state index in [0.29, 0.717) is 16.7 Å². The summed E-state index contributed by atoms with van der Waals surface area (Å²) in [6.45, 7) is 4.83. The van der Waals surface area contributed by atoms with Crippen LogP contribution in [0, 0.1) is 0 Å². The molecule has 0 atom stereocenters. The molecule has 5 N–H and O–H groups in total. The van der Waals surface area contributed by atoms with Gasteiger partial charge in [-0.05, 0) is 36.3 Å². The Morgan fingerprint density at radius 3 is 2.30 bits per heavy atom. The van der Waals surface area contributed by atoms with Gasteiger partial charge in [0, 0.05) is 28.6 Å². The van der Waals surface area contributed by atoms with E-state index >= 15 is 0 Å². The number of rotatable bonds is 8. The number of hydrogen-bond donors (Lipinski definition) is 3. The predicted octanol–water partition coefficient (Wildman–Crippen LogP) is 2.89. The van der Waals surface area contributed by atoms with Crippen LogP contribution in [-0.2, 0) is 19.1 Å². The van der Waals surface area contributed by atoms with Gasteiger partial charge in [0.2, 0.25) is 0 Å². The van der Waals surface area contributed by atoms with E-state index in [9.17, 15) is 19.5 Å². The van der Waals surface area contributed by atoms with Crippen molar-refractivity contribution in [2.24, 2.45) is 0 Å². The lowest BCUT2D eigenvalue weighted by molar-refractivity contribution is -0.146. The fourth-order valence-electron chi connectivity index (χ4n) is 2.55. The number of ether oxygens (including phenoxy) is 2. The van der Waals surface area contributed by atoms with Gasteiger partial charge < -0.3 is 26.0 Å². The van der Waals surface area contributed by atoms with Gasteiger partial charge in [0.05, 0.1) is 5.56 Å². The number of nitrogen functional groups attached to an aromatic ring is 2. The normalized spacial score (nSPS) is 10.6. The van der Waals surface area contributed by atoms with Crippen molar-refractivity contribution in [1.29, 1.82) is 0 Å². The van der Waals surface area contributed by atoms with Crippen molar-refractivity contribution in [3.63, 3.8) is 0 Å². The summed E-state index contributed by atoms with van der Waals surface area (Å²) in [7, 11) is 0. The van der Waals surface area contributed by atoms with Gasteiger partial charge >= 0.3 is 17.9 Å². The molecule has 0 radical (unpaired) electrons. The van der Waals surface area contributed by atoms with Crippen LogP contribution in [0.5, 0.6) is 0 Å². The van der Waals surface area contributed by atoms with Crippen LogP contribution < -0.4 is 11.5 Å². The summed E-state index contributed by atoms with van der Waals surface area (Å²) in [5.74, 6) is -2.28. The smallest absolute Gasteiger partial charge is 0.336 e. The van der Waals surface area contributed by atoms with E-state index in [0.717, 1.165) is 0 Å². The van der Waals surface area contributed by atoms with Crippen molar-refractivity contribution < 1.29 is 29.0 Å². The summed E-state index contributed by atoms with van der Waals surface area (Å²) >= 11 is 0. The third kappa shape index (κ3) is 5.96. The first-order valence-corrected chi connectivity index (χ1v) is 8.89. The lowest BCUT2D eigenvalue weighted by Gasteiger charge is -2.11. The molecule has 0 aliphatic carbocycles. The predicted molar refractivity (Wildman–Crippen MR) is 113 cm³/mol. The van der Waals surface area contributed by atoms with Crippen molar-refractivity contribution in [3.05, 3.63) is 65.8 Å². The lowest BCUT2D eigenvalue weighted by atomic mass is 9.96. The van der Waals surface area contributed by atoms with Crippen LogP contribution in [0.2, 0.25) is 0 Å². The molecule has 0 heterocycles. The Bertz CT molecular complexity index is 1010. The van der Waals surface area contributed by atoms with Crippen LogP contribution in [0.25, 0.3) is 17.2 Å². The summed E-state index contributed by atoms with van der Waals surface area (Å²) in [5, 5.41) is 9.42. The van der Waals surface area contributed by atoms with E-state index in [1.54, 1.807) is 24.3 Å². The topological polar surface area (TPSA) is 142 Å². The minimum Gasteiger partial charge on any atom is -0.478 e. The average Bonchev–Trinajstić information content (AvgIpc) is 2.69. The maximum atomic E-state index is 11.7. The molecule has 156 valence electrons. The molecule has 0 aromatic heterocycles. The molecule has 0 saturated heterocycles. The quantitative estimate of drug-likeness (QED) is 0.261. The molecular formula is C22H22N2O6. The second kappa shape index (κ2) is 9.92. The summed E-state index contributed by atoms with van der Waals surface area (Å²) < 4.78 is 9.75. The number of carboxylic acid groups (broad SMARTS) is 1. The molecule has 0 unspecified atom stereocenters. The van der Waals surface area contributed by atoms with Crippen LogP contribution in [-0.4, -0.2) is 36.2 Å². The molecule has 0 aliphatic heterocycles. The van der Waals surface area contributed by atoms with E-state index in [1.165, 1.54) is 31.2 Å². The fourth-order valence-corrected chi connectivity index (χ4v) is 2.55. The van der Waals surface area contributed by atoms with Crippen molar-refractivity contribution >= 4 is 35.4 Å². The number of carboxylic acids is 1. The Morgan fingerprint density at radius 2 is 1.70 bits per heavy atom. The standard InChI is InChI=1S/C22H22N2O6/c1-13(2)22(28)30-10-9-29-19(25)8-5-14-3-6-15(7-4-14)20-17(21(26)27)11-16(23)12-18(20)24/h3-8,11-12H,1,9-10,23-24H2,2H3,(H,26,27)/b8-5+. The molecule has 8 heteroatoms. The van der Waals surface area contributed by atoms with Crippen LogP contribution >= 0.6 is 0 Å². The first kappa shape index (κ1) is 22.2. The third-order valence-corrected chi connectivity index (χ3v) is 3.94. The van der Waals surface area contributed by atoms with E-state index < -0.39 is 17.9 Å². The molecule has 2 rings (SSSR count). The maximum absolute atomic E-state index is 11.7. The number of anilines is 2. The number of esters is 2. The summed E-state index contributed by atoms with van der Waals surface area (Å²) in [4.78, 5) is 34.4. The van der Waals surface area contributed by atoms with E-state index in [2.05, 4.69) is 6.58 Å². The van der Waals surface area contributed by atoms with Gasteiger partial charge in [0.15, 0.2) is 0 Å². The van der Waals surface area contributed by atoms with Gasteiger partial charge in [0.25, 0.3) is 0 Å². The molecule has 2 aromatic rings.